The van der Waals surface area contributed by atoms with Crippen molar-refractivity contribution in [2.75, 3.05) is 6.61 Å². The fraction of sp³-hybridized carbons (Fsp3) is 0.692. The van der Waals surface area contributed by atoms with Crippen molar-refractivity contribution in [1.29, 1.82) is 0 Å². The second kappa shape index (κ2) is 16.1. The molecule has 1 rings (SSSR count). The summed E-state index contributed by atoms with van der Waals surface area (Å²) in [4.78, 5) is 25.5. The second-order valence-corrected chi connectivity index (χ2v) is 8.74. The topological polar surface area (TPSA) is 52.6 Å². The number of ether oxygens (including phenoxy) is 2. The molecule has 0 aliphatic carbocycles. The largest absolute Gasteiger partial charge is 0.465 e. The Morgan fingerprint density at radius 1 is 0.742 bits per heavy atom. The zero-order chi connectivity index (χ0) is 23.0. The van der Waals surface area contributed by atoms with E-state index in [1.165, 1.54) is 51.4 Å². The Kier molecular flexibility index (Phi) is 14.3. The van der Waals surface area contributed by atoms with Crippen LogP contribution in [0.3, 0.4) is 0 Å². The molecule has 176 valence electrons. The third-order valence-electron chi connectivity index (χ3n) is 5.99. The molecule has 0 bridgehead atoms. The zero-order valence-corrected chi connectivity index (χ0v) is 20.5. The summed E-state index contributed by atoms with van der Waals surface area (Å²) >= 11 is 5.87. The Balaban J connectivity index is 2.30. The number of carbonyl (C=O) groups is 2. The fourth-order valence-electron chi connectivity index (χ4n) is 3.69. The highest BCUT2D eigenvalue weighted by Crippen LogP contribution is 2.31. The molecule has 0 saturated carbocycles. The highest BCUT2D eigenvalue weighted by Gasteiger charge is 2.46. The van der Waals surface area contributed by atoms with Crippen molar-refractivity contribution in [1.82, 2.24) is 0 Å². The van der Waals surface area contributed by atoms with Crippen LogP contribution < -0.4 is 4.74 Å². The van der Waals surface area contributed by atoms with Gasteiger partial charge in [-0.05, 0) is 43.5 Å². The van der Waals surface area contributed by atoms with Gasteiger partial charge < -0.3 is 9.47 Å². The summed E-state index contributed by atoms with van der Waals surface area (Å²) in [7, 11) is 0. The van der Waals surface area contributed by atoms with E-state index in [2.05, 4.69) is 6.92 Å². The number of halogens is 1. The van der Waals surface area contributed by atoms with Gasteiger partial charge in [-0.1, -0.05) is 96.6 Å². The van der Waals surface area contributed by atoms with Crippen LogP contribution in [0.1, 0.15) is 104 Å². The molecular formula is C26H41ClO4. The lowest BCUT2D eigenvalue weighted by molar-refractivity contribution is -0.168. The summed E-state index contributed by atoms with van der Waals surface area (Å²) in [6, 6.07) is 6.53. The molecule has 0 aromatic heterocycles. The van der Waals surface area contributed by atoms with E-state index in [1.54, 1.807) is 24.3 Å². The Bertz CT molecular complexity index is 623. The Morgan fingerprint density at radius 2 is 1.23 bits per heavy atom. The minimum atomic E-state index is -1.27. The van der Waals surface area contributed by atoms with E-state index in [-0.39, 0.29) is 0 Å². The van der Waals surface area contributed by atoms with E-state index in [0.717, 1.165) is 19.3 Å². The number of carbonyl (C=O) groups excluding carboxylic acids is 2. The maximum absolute atomic E-state index is 12.8. The maximum Gasteiger partial charge on any atom is 0.328 e. The van der Waals surface area contributed by atoms with Crippen molar-refractivity contribution in [3.05, 3.63) is 29.3 Å². The lowest BCUT2D eigenvalue weighted by Crippen LogP contribution is -2.42. The van der Waals surface area contributed by atoms with E-state index in [9.17, 15) is 9.59 Å². The third kappa shape index (κ3) is 10.1. The molecule has 31 heavy (non-hydrogen) atoms. The highest BCUT2D eigenvalue weighted by atomic mass is 35.5. The van der Waals surface area contributed by atoms with Crippen molar-refractivity contribution < 1.29 is 19.1 Å². The summed E-state index contributed by atoms with van der Waals surface area (Å²) in [5.74, 6) is -0.675. The first kappa shape index (κ1) is 27.5. The van der Waals surface area contributed by atoms with Crippen molar-refractivity contribution in [2.45, 2.75) is 104 Å². The summed E-state index contributed by atoms with van der Waals surface area (Å²) in [5, 5.41) is 0.559. The molecular weight excluding hydrogens is 412 g/mol. The lowest BCUT2D eigenvalue weighted by atomic mass is 9.82. The van der Waals surface area contributed by atoms with Crippen LogP contribution in [-0.2, 0) is 14.3 Å². The normalized spacial score (nSPS) is 11.4. The summed E-state index contributed by atoms with van der Waals surface area (Å²) in [5.41, 5.74) is -1.27. The zero-order valence-electron chi connectivity index (χ0n) is 19.7. The smallest absolute Gasteiger partial charge is 0.328 e. The van der Waals surface area contributed by atoms with Gasteiger partial charge in [0.05, 0.1) is 6.61 Å². The van der Waals surface area contributed by atoms with Crippen molar-refractivity contribution in [2.24, 2.45) is 5.41 Å². The monoisotopic (exact) mass is 452 g/mol. The number of hydrogen-bond acceptors (Lipinski definition) is 4. The molecule has 0 amide bonds. The average molecular weight is 453 g/mol. The van der Waals surface area contributed by atoms with Crippen molar-refractivity contribution in [3.63, 3.8) is 0 Å². The van der Waals surface area contributed by atoms with E-state index in [1.807, 2.05) is 13.8 Å². The standard InChI is InChI=1S/C26H41ClO4/c1-4-7-8-9-10-11-12-13-14-15-16-21-30-24(28)26(5-2,6-3)25(29)31-23-19-17-22(27)18-20-23/h17-20H,4-16,21H2,1-3H3. The number of benzene rings is 1. The molecule has 0 heterocycles. The molecule has 0 fully saturated rings. The molecule has 1 aromatic carbocycles. The third-order valence-corrected chi connectivity index (χ3v) is 6.25. The molecule has 1 aromatic rings. The van der Waals surface area contributed by atoms with Crippen molar-refractivity contribution >= 4 is 23.5 Å². The number of esters is 2. The van der Waals surface area contributed by atoms with Gasteiger partial charge >= 0.3 is 11.9 Å². The number of unbranched alkanes of at least 4 members (excludes halogenated alkanes) is 10. The van der Waals surface area contributed by atoms with Gasteiger partial charge in [0, 0.05) is 5.02 Å². The lowest BCUT2D eigenvalue weighted by Gasteiger charge is -2.26. The first-order valence-electron chi connectivity index (χ1n) is 12.1. The highest BCUT2D eigenvalue weighted by molar-refractivity contribution is 6.30. The van der Waals surface area contributed by atoms with Gasteiger partial charge in [-0.3, -0.25) is 9.59 Å². The molecule has 0 atom stereocenters. The van der Waals surface area contributed by atoms with Gasteiger partial charge in [-0.25, -0.2) is 0 Å². The van der Waals surface area contributed by atoms with Gasteiger partial charge in [-0.15, -0.1) is 0 Å². The molecule has 0 unspecified atom stereocenters. The second-order valence-electron chi connectivity index (χ2n) is 8.30. The van der Waals surface area contributed by atoms with Crippen LogP contribution in [0.4, 0.5) is 0 Å². The van der Waals surface area contributed by atoms with Crippen LogP contribution in [0.2, 0.25) is 5.02 Å². The fourth-order valence-corrected chi connectivity index (χ4v) is 3.81. The predicted molar refractivity (Wildman–Crippen MR) is 128 cm³/mol. The van der Waals surface area contributed by atoms with Crippen LogP contribution >= 0.6 is 11.6 Å². The Labute approximate surface area is 194 Å². The van der Waals surface area contributed by atoms with Gasteiger partial charge in [0.1, 0.15) is 5.75 Å². The van der Waals surface area contributed by atoms with E-state index >= 15 is 0 Å². The van der Waals surface area contributed by atoms with Gasteiger partial charge in [0.2, 0.25) is 0 Å². The molecule has 0 aliphatic heterocycles. The quantitative estimate of drug-likeness (QED) is 0.104. The van der Waals surface area contributed by atoms with Crippen molar-refractivity contribution in [3.8, 4) is 5.75 Å². The molecule has 0 radical (unpaired) electrons. The first-order chi connectivity index (χ1) is 15.0. The van der Waals surface area contributed by atoms with E-state index in [0.29, 0.717) is 30.2 Å². The minimum absolute atomic E-state index is 0.340. The molecule has 0 saturated heterocycles. The molecule has 4 nitrogen and oxygen atoms in total. The van der Waals surface area contributed by atoms with Crippen LogP contribution in [-0.4, -0.2) is 18.5 Å². The number of rotatable bonds is 17. The molecule has 0 spiro atoms. The summed E-state index contributed by atoms with van der Waals surface area (Å²) in [6.45, 7) is 6.23. The molecule has 5 heteroatoms. The molecule has 0 N–H and O–H groups in total. The number of hydrogen-bond donors (Lipinski definition) is 0. The van der Waals surface area contributed by atoms with Crippen LogP contribution in [0.25, 0.3) is 0 Å². The Hall–Kier alpha value is -1.55. The molecule has 0 aliphatic rings. The van der Waals surface area contributed by atoms with Crippen LogP contribution in [0, 0.1) is 5.41 Å². The van der Waals surface area contributed by atoms with Crippen LogP contribution in [0.15, 0.2) is 24.3 Å². The Morgan fingerprint density at radius 3 is 1.71 bits per heavy atom. The summed E-state index contributed by atoms with van der Waals surface area (Å²) in [6.07, 6.45) is 14.3. The van der Waals surface area contributed by atoms with Crippen LogP contribution in [0.5, 0.6) is 5.75 Å². The van der Waals surface area contributed by atoms with E-state index < -0.39 is 17.4 Å². The van der Waals surface area contributed by atoms with Gasteiger partial charge in [0.15, 0.2) is 5.41 Å². The SMILES string of the molecule is CCCCCCCCCCCCCOC(=O)C(CC)(CC)C(=O)Oc1ccc(Cl)cc1. The van der Waals surface area contributed by atoms with E-state index in [4.69, 9.17) is 21.1 Å². The average Bonchev–Trinajstić information content (AvgIpc) is 2.77. The van der Waals surface area contributed by atoms with Gasteiger partial charge in [-0.2, -0.15) is 0 Å². The van der Waals surface area contributed by atoms with Gasteiger partial charge in [0.25, 0.3) is 0 Å². The minimum Gasteiger partial charge on any atom is -0.465 e. The maximum atomic E-state index is 12.8. The first-order valence-corrected chi connectivity index (χ1v) is 12.5. The predicted octanol–water partition coefficient (Wildman–Crippen LogP) is 7.91. The summed E-state index contributed by atoms with van der Waals surface area (Å²) < 4.78 is 10.9.